The van der Waals surface area contributed by atoms with Crippen LogP contribution in [0.25, 0.3) is 0 Å². The van der Waals surface area contributed by atoms with E-state index in [9.17, 15) is 0 Å². The normalized spacial score (nSPS) is 14.5. The number of aliphatic hydroxyl groups excluding tert-OH is 1. The van der Waals surface area contributed by atoms with Gasteiger partial charge in [-0.3, -0.25) is 0 Å². The minimum Gasteiger partial charge on any atom is -0.392 e. The fourth-order valence-corrected chi connectivity index (χ4v) is 1.50. The Morgan fingerprint density at radius 3 is 2.59 bits per heavy atom. The molecule has 96 valence electrons. The molecule has 0 saturated carbocycles. The zero-order chi connectivity index (χ0) is 12.5. The lowest BCUT2D eigenvalue weighted by molar-refractivity contribution is 0.110. The summed E-state index contributed by atoms with van der Waals surface area (Å²) in [6.07, 6.45) is 0.669. The van der Waals surface area contributed by atoms with Gasteiger partial charge in [-0.15, -0.1) is 0 Å². The van der Waals surface area contributed by atoms with Crippen LogP contribution in [-0.2, 0) is 11.3 Å². The maximum atomic E-state index is 9.13. The molecule has 0 radical (unpaired) electrons. The summed E-state index contributed by atoms with van der Waals surface area (Å²) < 4.78 is 5.59. The Morgan fingerprint density at radius 1 is 1.24 bits per heavy atom. The highest BCUT2D eigenvalue weighted by Gasteiger charge is 2.02. The number of nitrogens with one attached hydrogen (secondary N) is 1. The summed E-state index contributed by atoms with van der Waals surface area (Å²) in [7, 11) is 0. The highest BCUT2D eigenvalue weighted by Crippen LogP contribution is 2.01. The lowest BCUT2D eigenvalue weighted by atomic mass is 10.2. The highest BCUT2D eigenvalue weighted by molar-refractivity contribution is 5.13. The molecule has 0 aromatic heterocycles. The van der Waals surface area contributed by atoms with Crippen LogP contribution in [0.1, 0.15) is 25.8 Å². The molecule has 0 fully saturated rings. The van der Waals surface area contributed by atoms with E-state index in [2.05, 4.69) is 24.4 Å². The first-order valence-corrected chi connectivity index (χ1v) is 6.21. The zero-order valence-electron chi connectivity index (χ0n) is 10.7. The van der Waals surface area contributed by atoms with Crippen molar-refractivity contribution in [3.05, 3.63) is 35.9 Å². The number of benzene rings is 1. The molecule has 1 aromatic rings. The van der Waals surface area contributed by atoms with Crippen molar-refractivity contribution in [1.29, 1.82) is 0 Å². The third kappa shape index (κ3) is 7.10. The van der Waals surface area contributed by atoms with Gasteiger partial charge in [0.2, 0.25) is 0 Å². The fourth-order valence-electron chi connectivity index (χ4n) is 1.50. The van der Waals surface area contributed by atoms with Crippen molar-refractivity contribution < 1.29 is 9.84 Å². The monoisotopic (exact) mass is 237 g/mol. The first-order valence-electron chi connectivity index (χ1n) is 6.21. The number of aliphatic hydroxyl groups is 1. The minimum atomic E-state index is -0.289. The molecule has 3 heteroatoms. The van der Waals surface area contributed by atoms with Crippen LogP contribution < -0.4 is 5.32 Å². The quantitative estimate of drug-likeness (QED) is 0.679. The lowest BCUT2D eigenvalue weighted by Gasteiger charge is -2.15. The predicted octanol–water partition coefficient (Wildman–Crippen LogP) is 1.95. The van der Waals surface area contributed by atoms with Crippen molar-refractivity contribution in [1.82, 2.24) is 5.32 Å². The van der Waals surface area contributed by atoms with E-state index < -0.39 is 0 Å². The second-order valence-corrected chi connectivity index (χ2v) is 4.49. The van der Waals surface area contributed by atoms with Crippen molar-refractivity contribution >= 4 is 0 Å². The van der Waals surface area contributed by atoms with Crippen LogP contribution in [0.2, 0.25) is 0 Å². The van der Waals surface area contributed by atoms with Gasteiger partial charge in [-0.1, -0.05) is 30.3 Å². The van der Waals surface area contributed by atoms with Crippen molar-refractivity contribution in [2.75, 3.05) is 13.2 Å². The van der Waals surface area contributed by atoms with E-state index in [4.69, 9.17) is 9.84 Å². The van der Waals surface area contributed by atoms with E-state index in [0.717, 1.165) is 13.0 Å². The van der Waals surface area contributed by atoms with Gasteiger partial charge in [0.1, 0.15) is 0 Å². The third-order valence-electron chi connectivity index (χ3n) is 2.57. The van der Waals surface area contributed by atoms with Crippen LogP contribution in [0.3, 0.4) is 0 Å². The Bertz CT molecular complexity index is 288. The molecule has 1 aromatic carbocycles. The molecule has 17 heavy (non-hydrogen) atoms. The van der Waals surface area contributed by atoms with Gasteiger partial charge >= 0.3 is 0 Å². The fraction of sp³-hybridized carbons (Fsp3) is 0.571. The summed E-state index contributed by atoms with van der Waals surface area (Å²) in [5.41, 5.74) is 1.21. The largest absolute Gasteiger partial charge is 0.392 e. The Balaban J connectivity index is 2.04. The first-order chi connectivity index (χ1) is 8.18. The van der Waals surface area contributed by atoms with Gasteiger partial charge in [0, 0.05) is 19.2 Å². The topological polar surface area (TPSA) is 41.5 Å². The van der Waals surface area contributed by atoms with Gasteiger partial charge in [0.15, 0.2) is 0 Å². The van der Waals surface area contributed by atoms with E-state index in [0.29, 0.717) is 19.2 Å². The van der Waals surface area contributed by atoms with Crippen LogP contribution in [0.4, 0.5) is 0 Å². The van der Waals surface area contributed by atoms with Crippen molar-refractivity contribution in [3.63, 3.8) is 0 Å². The molecule has 0 bridgehead atoms. The Hall–Kier alpha value is -0.900. The Kier molecular flexibility index (Phi) is 6.86. The average Bonchev–Trinajstić information content (AvgIpc) is 2.33. The predicted molar refractivity (Wildman–Crippen MR) is 69.9 cm³/mol. The van der Waals surface area contributed by atoms with Crippen LogP contribution in [-0.4, -0.2) is 30.4 Å². The molecule has 0 heterocycles. The van der Waals surface area contributed by atoms with Gasteiger partial charge in [-0.05, 0) is 25.8 Å². The van der Waals surface area contributed by atoms with E-state index >= 15 is 0 Å². The van der Waals surface area contributed by atoms with Crippen LogP contribution in [0.15, 0.2) is 30.3 Å². The summed E-state index contributed by atoms with van der Waals surface area (Å²) in [4.78, 5) is 0. The Labute approximate surface area is 104 Å². The van der Waals surface area contributed by atoms with E-state index in [1.165, 1.54) is 5.56 Å². The van der Waals surface area contributed by atoms with Crippen LogP contribution in [0, 0.1) is 0 Å². The number of hydrogen-bond donors (Lipinski definition) is 2. The lowest BCUT2D eigenvalue weighted by Crippen LogP contribution is -2.33. The summed E-state index contributed by atoms with van der Waals surface area (Å²) in [5, 5.41) is 12.4. The molecule has 1 rings (SSSR count). The zero-order valence-corrected chi connectivity index (χ0v) is 10.7. The highest BCUT2D eigenvalue weighted by atomic mass is 16.5. The molecule has 2 N–H and O–H groups in total. The van der Waals surface area contributed by atoms with E-state index in [1.807, 2.05) is 18.2 Å². The second-order valence-electron chi connectivity index (χ2n) is 4.49. The molecule has 3 nitrogen and oxygen atoms in total. The number of hydrogen-bond acceptors (Lipinski definition) is 3. The van der Waals surface area contributed by atoms with Gasteiger partial charge in [0.25, 0.3) is 0 Å². The van der Waals surface area contributed by atoms with Crippen molar-refractivity contribution in [2.45, 2.75) is 39.0 Å². The van der Waals surface area contributed by atoms with Crippen molar-refractivity contribution in [3.8, 4) is 0 Å². The molecule has 0 aliphatic carbocycles. The van der Waals surface area contributed by atoms with Crippen LogP contribution in [0.5, 0.6) is 0 Å². The molecule has 2 atom stereocenters. The number of rotatable bonds is 8. The molecular formula is C14H23NO2. The van der Waals surface area contributed by atoms with Gasteiger partial charge in [-0.2, -0.15) is 0 Å². The SMILES string of the molecule is CC(CCOCc1ccccc1)NC[C@@H](C)O. The van der Waals surface area contributed by atoms with Crippen LogP contribution >= 0.6 is 0 Å². The Morgan fingerprint density at radius 2 is 1.94 bits per heavy atom. The molecule has 0 aliphatic heterocycles. The van der Waals surface area contributed by atoms with E-state index in [-0.39, 0.29) is 6.10 Å². The maximum absolute atomic E-state index is 9.13. The standard InChI is InChI=1S/C14H23NO2/c1-12(15-10-13(2)16)8-9-17-11-14-6-4-3-5-7-14/h3-7,12-13,15-16H,8-11H2,1-2H3/t12?,13-/m1/s1. The van der Waals surface area contributed by atoms with Gasteiger partial charge < -0.3 is 15.2 Å². The summed E-state index contributed by atoms with van der Waals surface area (Å²) in [6.45, 7) is 5.94. The van der Waals surface area contributed by atoms with Crippen molar-refractivity contribution in [2.24, 2.45) is 0 Å². The first kappa shape index (κ1) is 14.2. The smallest absolute Gasteiger partial charge is 0.0716 e. The molecule has 0 spiro atoms. The summed E-state index contributed by atoms with van der Waals surface area (Å²) >= 11 is 0. The molecule has 0 amide bonds. The van der Waals surface area contributed by atoms with Gasteiger partial charge in [-0.25, -0.2) is 0 Å². The third-order valence-corrected chi connectivity index (χ3v) is 2.57. The molecule has 1 unspecified atom stereocenters. The number of ether oxygens (including phenoxy) is 1. The minimum absolute atomic E-state index is 0.289. The molecule has 0 aliphatic rings. The molecular weight excluding hydrogens is 214 g/mol. The average molecular weight is 237 g/mol. The van der Waals surface area contributed by atoms with E-state index in [1.54, 1.807) is 6.92 Å². The summed E-state index contributed by atoms with van der Waals surface area (Å²) in [6, 6.07) is 10.5. The summed E-state index contributed by atoms with van der Waals surface area (Å²) in [5.74, 6) is 0. The maximum Gasteiger partial charge on any atom is 0.0716 e. The molecule has 0 saturated heterocycles. The van der Waals surface area contributed by atoms with Gasteiger partial charge in [0.05, 0.1) is 12.7 Å². The second kappa shape index (κ2) is 8.23.